The Morgan fingerprint density at radius 3 is 2.70 bits per heavy atom. The van der Waals surface area contributed by atoms with Crippen LogP contribution in [0.4, 0.5) is 0 Å². The summed E-state index contributed by atoms with van der Waals surface area (Å²) in [5, 5.41) is 0. The van der Waals surface area contributed by atoms with Gasteiger partial charge in [0.1, 0.15) is 5.75 Å². The Morgan fingerprint density at radius 2 is 2.09 bits per heavy atom. The summed E-state index contributed by atoms with van der Waals surface area (Å²) in [6, 6.07) is 6.35. The van der Waals surface area contributed by atoms with Gasteiger partial charge in [-0.1, -0.05) is 12.1 Å². The van der Waals surface area contributed by atoms with Gasteiger partial charge in [0.2, 0.25) is 5.91 Å². The van der Waals surface area contributed by atoms with Crippen LogP contribution in [0.25, 0.3) is 0 Å². The Balaban J connectivity index is 1.98. The molecule has 0 spiro atoms. The van der Waals surface area contributed by atoms with Crippen LogP contribution in [0.3, 0.4) is 0 Å². The van der Waals surface area contributed by atoms with Crippen molar-refractivity contribution in [2.24, 2.45) is 5.92 Å². The third kappa shape index (κ3) is 4.47. The first-order valence-corrected chi connectivity index (χ1v) is 8.73. The standard InChI is InChI=1S/C19H30N2O2/c1-5-21(6-2)19(22)17-8-7-11-20(14-17)13-16-9-10-18(23-4)15(3)12-16/h9-10,12,17H,5-8,11,13-14H2,1-4H3/t17-/m1/s1. The molecule has 0 radical (unpaired) electrons. The molecule has 128 valence electrons. The first kappa shape index (κ1) is 17.8. The van der Waals surface area contributed by atoms with Gasteiger partial charge in [-0.3, -0.25) is 9.69 Å². The molecule has 0 unspecified atom stereocenters. The van der Waals surface area contributed by atoms with E-state index in [-0.39, 0.29) is 5.92 Å². The van der Waals surface area contributed by atoms with Crippen LogP contribution in [0.2, 0.25) is 0 Å². The second kappa shape index (κ2) is 8.34. The summed E-state index contributed by atoms with van der Waals surface area (Å²) in [4.78, 5) is 17.0. The molecule has 4 nitrogen and oxygen atoms in total. The molecule has 1 saturated heterocycles. The number of aryl methyl sites for hydroxylation is 1. The number of carbonyl (C=O) groups is 1. The molecule has 1 amide bonds. The average molecular weight is 318 g/mol. The predicted octanol–water partition coefficient (Wildman–Crippen LogP) is 3.08. The van der Waals surface area contributed by atoms with Crippen LogP contribution in [-0.2, 0) is 11.3 Å². The topological polar surface area (TPSA) is 32.8 Å². The second-order valence-corrected chi connectivity index (χ2v) is 6.39. The number of methoxy groups -OCH3 is 1. The zero-order chi connectivity index (χ0) is 16.8. The highest BCUT2D eigenvalue weighted by Crippen LogP contribution is 2.23. The molecule has 1 fully saturated rings. The number of hydrogen-bond donors (Lipinski definition) is 0. The van der Waals surface area contributed by atoms with E-state index >= 15 is 0 Å². The van der Waals surface area contributed by atoms with Gasteiger partial charge in [0.05, 0.1) is 13.0 Å². The Kier molecular flexibility index (Phi) is 6.46. The molecule has 2 rings (SSSR count). The lowest BCUT2D eigenvalue weighted by Gasteiger charge is -2.34. The van der Waals surface area contributed by atoms with E-state index in [1.165, 1.54) is 5.56 Å². The van der Waals surface area contributed by atoms with Crippen LogP contribution in [0, 0.1) is 12.8 Å². The summed E-state index contributed by atoms with van der Waals surface area (Å²) in [6.07, 6.45) is 2.13. The Morgan fingerprint density at radius 1 is 1.35 bits per heavy atom. The maximum Gasteiger partial charge on any atom is 0.226 e. The monoisotopic (exact) mass is 318 g/mol. The highest BCUT2D eigenvalue weighted by Gasteiger charge is 2.28. The molecule has 0 bridgehead atoms. The van der Waals surface area contributed by atoms with Gasteiger partial charge in [0.15, 0.2) is 0 Å². The Hall–Kier alpha value is -1.55. The molecule has 0 saturated carbocycles. The van der Waals surface area contributed by atoms with E-state index in [9.17, 15) is 4.79 Å². The van der Waals surface area contributed by atoms with Crippen molar-refractivity contribution in [3.63, 3.8) is 0 Å². The lowest BCUT2D eigenvalue weighted by Crippen LogP contribution is -2.44. The van der Waals surface area contributed by atoms with Gasteiger partial charge in [0.25, 0.3) is 0 Å². The van der Waals surface area contributed by atoms with Gasteiger partial charge in [-0.05, 0) is 57.4 Å². The van der Waals surface area contributed by atoms with Crippen molar-refractivity contribution in [1.82, 2.24) is 9.80 Å². The SMILES string of the molecule is CCN(CC)C(=O)[C@@H]1CCCN(Cc2ccc(OC)c(C)c2)C1. The van der Waals surface area contributed by atoms with Crippen LogP contribution in [0.15, 0.2) is 18.2 Å². The molecule has 1 aromatic rings. The van der Waals surface area contributed by atoms with Crippen LogP contribution in [-0.4, -0.2) is 49.0 Å². The molecular formula is C19H30N2O2. The number of rotatable bonds is 6. The molecule has 1 aliphatic heterocycles. The number of piperidine rings is 1. The minimum atomic E-state index is 0.156. The van der Waals surface area contributed by atoms with Gasteiger partial charge < -0.3 is 9.64 Å². The van der Waals surface area contributed by atoms with Gasteiger partial charge in [-0.15, -0.1) is 0 Å². The Bertz CT molecular complexity index is 526. The van der Waals surface area contributed by atoms with Crippen LogP contribution in [0.1, 0.15) is 37.8 Å². The summed E-state index contributed by atoms with van der Waals surface area (Å²) >= 11 is 0. The van der Waals surface area contributed by atoms with E-state index in [4.69, 9.17) is 4.74 Å². The highest BCUT2D eigenvalue weighted by atomic mass is 16.5. The Labute approximate surface area is 140 Å². The lowest BCUT2D eigenvalue weighted by molar-refractivity contribution is -0.137. The molecule has 1 aliphatic rings. The third-order valence-electron chi connectivity index (χ3n) is 4.80. The lowest BCUT2D eigenvalue weighted by atomic mass is 9.96. The summed E-state index contributed by atoms with van der Waals surface area (Å²) in [7, 11) is 1.70. The largest absolute Gasteiger partial charge is 0.496 e. The maximum absolute atomic E-state index is 12.6. The highest BCUT2D eigenvalue weighted by molar-refractivity contribution is 5.79. The summed E-state index contributed by atoms with van der Waals surface area (Å²) in [6.45, 7) is 10.7. The minimum Gasteiger partial charge on any atom is -0.496 e. The van der Waals surface area contributed by atoms with Crippen molar-refractivity contribution in [1.29, 1.82) is 0 Å². The summed E-state index contributed by atoms with van der Waals surface area (Å²) in [5.74, 6) is 1.41. The van der Waals surface area contributed by atoms with E-state index in [0.717, 1.165) is 56.9 Å². The van der Waals surface area contributed by atoms with E-state index in [1.807, 2.05) is 11.0 Å². The fraction of sp³-hybridized carbons (Fsp3) is 0.632. The van der Waals surface area contributed by atoms with Gasteiger partial charge in [-0.25, -0.2) is 0 Å². The number of likely N-dealkylation sites (tertiary alicyclic amines) is 1. The number of nitrogens with zero attached hydrogens (tertiary/aromatic N) is 2. The molecule has 23 heavy (non-hydrogen) atoms. The number of carbonyl (C=O) groups excluding carboxylic acids is 1. The van der Waals surface area contributed by atoms with Gasteiger partial charge in [-0.2, -0.15) is 0 Å². The molecule has 0 N–H and O–H groups in total. The fourth-order valence-electron chi connectivity index (χ4n) is 3.49. The van der Waals surface area contributed by atoms with Crippen molar-refractivity contribution < 1.29 is 9.53 Å². The van der Waals surface area contributed by atoms with Gasteiger partial charge in [0, 0.05) is 26.2 Å². The average Bonchev–Trinajstić information content (AvgIpc) is 2.56. The van der Waals surface area contributed by atoms with Crippen molar-refractivity contribution >= 4 is 5.91 Å². The summed E-state index contributed by atoms with van der Waals surface area (Å²) < 4.78 is 5.33. The normalized spacial score (nSPS) is 18.7. The number of amides is 1. The zero-order valence-corrected chi connectivity index (χ0v) is 15.0. The molecule has 0 aliphatic carbocycles. The van der Waals surface area contributed by atoms with Gasteiger partial charge >= 0.3 is 0 Å². The molecule has 1 atom stereocenters. The van der Waals surface area contributed by atoms with Crippen LogP contribution in [0.5, 0.6) is 5.75 Å². The van der Waals surface area contributed by atoms with Crippen molar-refractivity contribution in [2.45, 2.75) is 40.2 Å². The van der Waals surface area contributed by atoms with Crippen LogP contribution < -0.4 is 4.74 Å². The minimum absolute atomic E-state index is 0.156. The molecule has 0 aromatic heterocycles. The first-order chi connectivity index (χ1) is 11.1. The molecule has 1 aromatic carbocycles. The molecule has 1 heterocycles. The number of benzene rings is 1. The van der Waals surface area contributed by atoms with E-state index in [1.54, 1.807) is 7.11 Å². The maximum atomic E-state index is 12.6. The number of ether oxygens (including phenoxy) is 1. The smallest absolute Gasteiger partial charge is 0.226 e. The molecule has 4 heteroatoms. The third-order valence-corrected chi connectivity index (χ3v) is 4.80. The second-order valence-electron chi connectivity index (χ2n) is 6.39. The fourth-order valence-corrected chi connectivity index (χ4v) is 3.49. The zero-order valence-electron chi connectivity index (χ0n) is 15.0. The van der Waals surface area contributed by atoms with E-state index in [2.05, 4.69) is 37.8 Å². The first-order valence-electron chi connectivity index (χ1n) is 8.73. The van der Waals surface area contributed by atoms with Crippen molar-refractivity contribution in [3.05, 3.63) is 29.3 Å². The summed E-state index contributed by atoms with van der Waals surface area (Å²) in [5.41, 5.74) is 2.46. The predicted molar refractivity (Wildman–Crippen MR) is 93.7 cm³/mol. The van der Waals surface area contributed by atoms with E-state index in [0.29, 0.717) is 5.91 Å². The quantitative estimate of drug-likeness (QED) is 0.808. The molecular weight excluding hydrogens is 288 g/mol. The van der Waals surface area contributed by atoms with Crippen molar-refractivity contribution in [2.75, 3.05) is 33.3 Å². The van der Waals surface area contributed by atoms with Crippen LogP contribution >= 0.6 is 0 Å². The van der Waals surface area contributed by atoms with Crippen molar-refractivity contribution in [3.8, 4) is 5.75 Å². The van der Waals surface area contributed by atoms with E-state index < -0.39 is 0 Å². The number of hydrogen-bond acceptors (Lipinski definition) is 3.